The van der Waals surface area contributed by atoms with Crippen molar-refractivity contribution in [1.82, 2.24) is 0 Å². The van der Waals surface area contributed by atoms with Crippen molar-refractivity contribution >= 4 is 89.8 Å². The number of halogens is 5. The SMILES string of the molecule is O=C(OCC(F)(F)S(=O)(=O)[O-])C1Cc2ccccc2C(C(=O)Oc2c(I)cc(I)cc2I)C1. The Balaban J connectivity index is 1.82. The van der Waals surface area contributed by atoms with Crippen molar-refractivity contribution in [2.24, 2.45) is 5.92 Å². The van der Waals surface area contributed by atoms with Crippen molar-refractivity contribution in [1.29, 1.82) is 0 Å². The van der Waals surface area contributed by atoms with E-state index in [0.29, 0.717) is 16.9 Å². The number of hydrogen-bond acceptors (Lipinski definition) is 7. The van der Waals surface area contributed by atoms with E-state index in [-0.39, 0.29) is 12.8 Å². The largest absolute Gasteiger partial charge is 0.743 e. The molecular weight excluding hydrogens is 803 g/mol. The molecular formula is C20H14F2I3O7S-. The summed E-state index contributed by atoms with van der Waals surface area (Å²) in [5.41, 5.74) is 1.29. The van der Waals surface area contributed by atoms with Crippen LogP contribution in [0.25, 0.3) is 0 Å². The zero-order valence-electron chi connectivity index (χ0n) is 16.4. The van der Waals surface area contributed by atoms with Gasteiger partial charge in [-0.15, -0.1) is 0 Å². The van der Waals surface area contributed by atoms with Crippen LogP contribution < -0.4 is 4.74 Å². The first-order chi connectivity index (χ1) is 15.3. The van der Waals surface area contributed by atoms with Crippen LogP contribution >= 0.6 is 67.8 Å². The molecule has 178 valence electrons. The van der Waals surface area contributed by atoms with Gasteiger partial charge in [0, 0.05) is 3.57 Å². The lowest BCUT2D eigenvalue weighted by molar-refractivity contribution is -0.155. The number of fused-ring (bicyclic) bond motifs is 1. The van der Waals surface area contributed by atoms with Crippen LogP contribution in [0.2, 0.25) is 0 Å². The molecule has 0 fully saturated rings. The highest BCUT2D eigenvalue weighted by Crippen LogP contribution is 2.38. The van der Waals surface area contributed by atoms with Crippen molar-refractivity contribution < 1.29 is 40.8 Å². The maximum atomic E-state index is 13.4. The van der Waals surface area contributed by atoms with Gasteiger partial charge in [0.2, 0.25) is 0 Å². The van der Waals surface area contributed by atoms with Crippen LogP contribution in [0.5, 0.6) is 5.75 Å². The summed E-state index contributed by atoms with van der Waals surface area (Å²) < 4.78 is 71.2. The van der Waals surface area contributed by atoms with Gasteiger partial charge in [-0.1, -0.05) is 24.3 Å². The fourth-order valence-electron chi connectivity index (χ4n) is 3.37. The van der Waals surface area contributed by atoms with E-state index in [0.717, 1.165) is 10.7 Å². The molecule has 0 saturated heterocycles. The number of benzene rings is 2. The first-order valence-corrected chi connectivity index (χ1v) is 13.9. The minimum atomic E-state index is -5.98. The smallest absolute Gasteiger partial charge is 0.367 e. The lowest BCUT2D eigenvalue weighted by Crippen LogP contribution is -2.37. The number of hydrogen-bond donors (Lipinski definition) is 0. The summed E-state index contributed by atoms with van der Waals surface area (Å²) in [7, 11) is -5.98. The molecule has 3 rings (SSSR count). The summed E-state index contributed by atoms with van der Waals surface area (Å²) in [6, 6.07) is 10.5. The molecule has 0 saturated carbocycles. The second kappa shape index (κ2) is 10.5. The predicted octanol–water partition coefficient (Wildman–Crippen LogP) is 4.43. The topological polar surface area (TPSA) is 110 Å². The van der Waals surface area contributed by atoms with Crippen molar-refractivity contribution in [2.75, 3.05) is 6.61 Å². The first-order valence-electron chi connectivity index (χ1n) is 9.24. The number of carbonyl (C=O) groups is 2. The summed E-state index contributed by atoms with van der Waals surface area (Å²) in [6.45, 7) is -1.88. The van der Waals surface area contributed by atoms with E-state index in [4.69, 9.17) is 4.74 Å². The van der Waals surface area contributed by atoms with Crippen molar-refractivity contribution in [3.05, 3.63) is 58.2 Å². The second-order valence-corrected chi connectivity index (χ2v) is 12.3. The first kappa shape index (κ1) is 26.9. The summed E-state index contributed by atoms with van der Waals surface area (Å²) in [5.74, 6) is -3.24. The van der Waals surface area contributed by atoms with Crippen LogP contribution in [0.4, 0.5) is 8.78 Å². The molecule has 0 heterocycles. The van der Waals surface area contributed by atoms with Gasteiger partial charge in [0.05, 0.1) is 19.0 Å². The molecule has 2 aromatic rings. The van der Waals surface area contributed by atoms with Gasteiger partial charge in [0.15, 0.2) is 22.5 Å². The molecule has 0 aliphatic heterocycles. The number of ether oxygens (including phenoxy) is 2. The van der Waals surface area contributed by atoms with Gasteiger partial charge in [-0.3, -0.25) is 9.59 Å². The lowest BCUT2D eigenvalue weighted by Gasteiger charge is -2.30. The summed E-state index contributed by atoms with van der Waals surface area (Å²) in [4.78, 5) is 25.6. The van der Waals surface area contributed by atoms with E-state index in [1.807, 2.05) is 57.3 Å². The Labute approximate surface area is 229 Å². The molecule has 0 aromatic heterocycles. The maximum absolute atomic E-state index is 13.4. The molecule has 0 N–H and O–H groups in total. The Morgan fingerprint density at radius 2 is 1.70 bits per heavy atom. The van der Waals surface area contributed by atoms with E-state index >= 15 is 0 Å². The zero-order chi connectivity index (χ0) is 24.6. The molecule has 33 heavy (non-hydrogen) atoms. The van der Waals surface area contributed by atoms with Gasteiger partial charge in [0.1, 0.15) is 0 Å². The highest BCUT2D eigenvalue weighted by molar-refractivity contribution is 14.1. The standard InChI is InChI=1S/C20H15F2I3O7S/c21-20(22,33(28,29)30)9-31-18(26)11-5-10-3-1-2-4-13(10)14(6-11)19(27)32-17-15(24)7-12(23)8-16(17)25/h1-4,7-8,11,14H,5-6,9H2,(H,28,29,30)/p-1. The predicted molar refractivity (Wildman–Crippen MR) is 137 cm³/mol. The minimum absolute atomic E-state index is 0.0814. The number of rotatable bonds is 6. The van der Waals surface area contributed by atoms with Crippen LogP contribution in [0.3, 0.4) is 0 Å². The number of carbonyl (C=O) groups excluding carboxylic acids is 2. The van der Waals surface area contributed by atoms with Gasteiger partial charge in [0.25, 0.3) is 0 Å². The van der Waals surface area contributed by atoms with Crippen LogP contribution in [0.15, 0.2) is 36.4 Å². The van der Waals surface area contributed by atoms with Gasteiger partial charge in [-0.2, -0.15) is 8.78 Å². The molecule has 13 heteroatoms. The van der Waals surface area contributed by atoms with Gasteiger partial charge in [-0.05, 0) is 104 Å². The molecule has 1 aliphatic carbocycles. The molecule has 2 atom stereocenters. The van der Waals surface area contributed by atoms with Crippen molar-refractivity contribution in [2.45, 2.75) is 24.0 Å². The monoisotopic (exact) mass is 817 g/mol. The highest BCUT2D eigenvalue weighted by Gasteiger charge is 2.42. The van der Waals surface area contributed by atoms with Gasteiger partial charge >= 0.3 is 17.2 Å². The number of esters is 2. The molecule has 2 unspecified atom stereocenters. The van der Waals surface area contributed by atoms with Crippen molar-refractivity contribution in [3.63, 3.8) is 0 Å². The summed E-state index contributed by atoms with van der Waals surface area (Å²) in [6.07, 6.45) is 0.0228. The van der Waals surface area contributed by atoms with Gasteiger partial charge in [-0.25, -0.2) is 8.42 Å². The molecule has 0 amide bonds. The fraction of sp³-hybridized carbons (Fsp3) is 0.300. The molecule has 0 radical (unpaired) electrons. The molecule has 0 bridgehead atoms. The normalized spacial score (nSPS) is 18.4. The quantitative estimate of drug-likeness (QED) is 0.184. The Bertz CT molecular complexity index is 1180. The van der Waals surface area contributed by atoms with E-state index in [1.165, 1.54) is 0 Å². The van der Waals surface area contributed by atoms with E-state index in [2.05, 4.69) is 27.3 Å². The van der Waals surface area contributed by atoms with Crippen LogP contribution in [0, 0.1) is 16.6 Å². The van der Waals surface area contributed by atoms with Crippen LogP contribution in [0.1, 0.15) is 23.5 Å². The average Bonchev–Trinajstić information content (AvgIpc) is 2.72. The maximum Gasteiger partial charge on any atom is 0.367 e. The molecule has 1 aliphatic rings. The van der Waals surface area contributed by atoms with E-state index < -0.39 is 45.8 Å². The molecule has 2 aromatic carbocycles. The Morgan fingerprint density at radius 1 is 1.09 bits per heavy atom. The third-order valence-electron chi connectivity index (χ3n) is 4.95. The van der Waals surface area contributed by atoms with E-state index in [1.54, 1.807) is 24.3 Å². The van der Waals surface area contributed by atoms with E-state index in [9.17, 15) is 31.3 Å². The molecule has 7 nitrogen and oxygen atoms in total. The fourth-order valence-corrected chi connectivity index (χ4v) is 7.37. The van der Waals surface area contributed by atoms with Crippen LogP contribution in [-0.4, -0.2) is 36.8 Å². The Hall–Kier alpha value is -0.660. The number of alkyl halides is 2. The summed E-state index contributed by atoms with van der Waals surface area (Å²) >= 11 is 6.24. The molecule has 0 spiro atoms. The van der Waals surface area contributed by atoms with Gasteiger partial charge < -0.3 is 14.0 Å². The second-order valence-electron chi connectivity index (χ2n) is 7.21. The summed E-state index contributed by atoms with van der Waals surface area (Å²) in [5, 5.41) is -4.74. The lowest BCUT2D eigenvalue weighted by atomic mass is 9.77. The minimum Gasteiger partial charge on any atom is -0.743 e. The third kappa shape index (κ3) is 6.32. The van der Waals surface area contributed by atoms with Crippen molar-refractivity contribution in [3.8, 4) is 5.75 Å². The highest BCUT2D eigenvalue weighted by atomic mass is 127. The zero-order valence-corrected chi connectivity index (χ0v) is 23.7. The average molecular weight is 817 g/mol. The van der Waals surface area contributed by atoms with Crippen LogP contribution in [-0.2, 0) is 30.9 Å². The Kier molecular flexibility index (Phi) is 8.60. The Morgan fingerprint density at radius 3 is 2.30 bits per heavy atom. The third-order valence-corrected chi connectivity index (χ3v) is 8.02.